The molecule has 0 aromatic heterocycles. The number of hydrogen-bond acceptors (Lipinski definition) is 3. The minimum absolute atomic E-state index is 0.360. The summed E-state index contributed by atoms with van der Waals surface area (Å²) in [5.41, 5.74) is 7.73. The summed E-state index contributed by atoms with van der Waals surface area (Å²) in [6.45, 7) is 10.0. The third kappa shape index (κ3) is 2.13. The number of nitrogen functional groups attached to an aromatic ring is 1. The lowest BCUT2D eigenvalue weighted by Crippen LogP contribution is -2.41. The summed E-state index contributed by atoms with van der Waals surface area (Å²) < 4.78 is 12.0. The van der Waals surface area contributed by atoms with Crippen molar-refractivity contribution in [2.45, 2.75) is 45.8 Å². The normalized spacial score (nSPS) is 21.3. The smallest absolute Gasteiger partial charge is 0.399 e. The molecule has 0 bridgehead atoms. The Morgan fingerprint density at radius 3 is 2.11 bits per heavy atom. The van der Waals surface area contributed by atoms with Gasteiger partial charge < -0.3 is 15.0 Å². The van der Waals surface area contributed by atoms with E-state index >= 15 is 0 Å². The molecule has 0 aliphatic carbocycles. The molecule has 98 valence electrons. The maximum atomic E-state index is 6.05. The highest BCUT2D eigenvalue weighted by Crippen LogP contribution is 2.37. The van der Waals surface area contributed by atoms with E-state index in [1.807, 2.05) is 40.7 Å². The van der Waals surface area contributed by atoms with E-state index < -0.39 is 7.12 Å². The molecular formula is C13H19BClNO2. The molecule has 1 saturated heterocycles. The molecule has 1 heterocycles. The van der Waals surface area contributed by atoms with Crippen LogP contribution in [0.4, 0.5) is 5.69 Å². The van der Waals surface area contributed by atoms with E-state index in [1.54, 1.807) is 6.07 Å². The van der Waals surface area contributed by atoms with Crippen LogP contribution in [0.2, 0.25) is 5.02 Å². The van der Waals surface area contributed by atoms with Crippen molar-refractivity contribution in [1.82, 2.24) is 0 Å². The van der Waals surface area contributed by atoms with Gasteiger partial charge >= 0.3 is 7.12 Å². The van der Waals surface area contributed by atoms with Crippen molar-refractivity contribution in [3.05, 3.63) is 22.7 Å². The molecule has 5 heteroatoms. The Morgan fingerprint density at radius 1 is 1.11 bits per heavy atom. The van der Waals surface area contributed by atoms with E-state index in [4.69, 9.17) is 26.6 Å². The molecule has 18 heavy (non-hydrogen) atoms. The molecular weight excluding hydrogens is 248 g/mol. The van der Waals surface area contributed by atoms with Crippen LogP contribution in [0.5, 0.6) is 0 Å². The van der Waals surface area contributed by atoms with E-state index in [-0.39, 0.29) is 11.2 Å². The monoisotopic (exact) mass is 267 g/mol. The summed E-state index contributed by atoms with van der Waals surface area (Å²) >= 11 is 6.05. The van der Waals surface area contributed by atoms with Gasteiger partial charge in [0.05, 0.1) is 11.2 Å². The predicted molar refractivity (Wildman–Crippen MR) is 76.3 cm³/mol. The minimum atomic E-state index is -0.420. The van der Waals surface area contributed by atoms with Crippen molar-refractivity contribution in [2.24, 2.45) is 0 Å². The Morgan fingerprint density at radius 2 is 1.61 bits per heavy atom. The predicted octanol–water partition coefficient (Wildman–Crippen LogP) is 2.53. The molecule has 0 spiro atoms. The van der Waals surface area contributed by atoms with Gasteiger partial charge in [0.15, 0.2) is 0 Å². The molecule has 2 rings (SSSR count). The zero-order valence-corrected chi connectivity index (χ0v) is 12.3. The second kappa shape index (κ2) is 4.15. The van der Waals surface area contributed by atoms with Crippen LogP contribution in [-0.4, -0.2) is 18.3 Å². The second-order valence-corrected chi connectivity index (χ2v) is 6.23. The van der Waals surface area contributed by atoms with E-state index in [1.165, 1.54) is 0 Å². The quantitative estimate of drug-likeness (QED) is 0.628. The Kier molecular flexibility index (Phi) is 3.17. The first-order valence-corrected chi connectivity index (χ1v) is 6.43. The highest BCUT2D eigenvalue weighted by molar-refractivity contribution is 6.63. The van der Waals surface area contributed by atoms with Crippen LogP contribution in [0.1, 0.15) is 33.3 Å². The zero-order chi connectivity index (χ0) is 13.7. The number of anilines is 1. The highest BCUT2D eigenvalue weighted by Gasteiger charge is 2.52. The van der Waals surface area contributed by atoms with Crippen LogP contribution in [0.25, 0.3) is 0 Å². The number of nitrogens with two attached hydrogens (primary N) is 1. The minimum Gasteiger partial charge on any atom is -0.399 e. The fourth-order valence-corrected chi connectivity index (χ4v) is 2.17. The molecule has 1 aromatic rings. The fraction of sp³-hybridized carbons (Fsp3) is 0.538. The summed E-state index contributed by atoms with van der Waals surface area (Å²) in [4.78, 5) is 0. The molecule has 2 N–H and O–H groups in total. The Balaban J connectivity index is 2.41. The third-order valence-electron chi connectivity index (χ3n) is 3.96. The average Bonchev–Trinajstić information content (AvgIpc) is 2.42. The van der Waals surface area contributed by atoms with Crippen molar-refractivity contribution in [3.8, 4) is 0 Å². The van der Waals surface area contributed by atoms with Crippen LogP contribution < -0.4 is 11.2 Å². The Bertz CT molecular complexity index is 472. The average molecular weight is 268 g/mol. The maximum absolute atomic E-state index is 6.05. The van der Waals surface area contributed by atoms with Gasteiger partial charge in [-0.05, 0) is 57.8 Å². The second-order valence-electron chi connectivity index (χ2n) is 5.80. The van der Waals surface area contributed by atoms with Crippen LogP contribution >= 0.6 is 11.6 Å². The lowest BCUT2D eigenvalue weighted by molar-refractivity contribution is 0.00578. The van der Waals surface area contributed by atoms with E-state index in [0.29, 0.717) is 10.7 Å². The van der Waals surface area contributed by atoms with Gasteiger partial charge in [0.25, 0.3) is 0 Å². The van der Waals surface area contributed by atoms with Gasteiger partial charge in [-0.1, -0.05) is 11.6 Å². The van der Waals surface area contributed by atoms with Crippen LogP contribution in [0.3, 0.4) is 0 Å². The number of halogens is 1. The largest absolute Gasteiger partial charge is 0.495 e. The molecule has 1 aromatic carbocycles. The molecule has 1 aliphatic rings. The summed E-state index contributed by atoms with van der Waals surface area (Å²) in [5.74, 6) is 0. The van der Waals surface area contributed by atoms with Crippen LogP contribution in [0, 0.1) is 6.92 Å². The fourth-order valence-electron chi connectivity index (χ4n) is 1.94. The zero-order valence-electron chi connectivity index (χ0n) is 11.5. The van der Waals surface area contributed by atoms with Gasteiger partial charge in [-0.2, -0.15) is 0 Å². The highest BCUT2D eigenvalue weighted by atomic mass is 35.5. The molecule has 1 aliphatic heterocycles. The molecule has 0 unspecified atom stereocenters. The van der Waals surface area contributed by atoms with Crippen LogP contribution in [-0.2, 0) is 9.31 Å². The lowest BCUT2D eigenvalue weighted by atomic mass is 9.76. The standard InChI is InChI=1S/C13H19BClNO2/c1-8-10(6-9(15)7-11(8)16)14-17-12(2,3)13(4,5)18-14/h6-7H,16H2,1-5H3. The van der Waals surface area contributed by atoms with Crippen molar-refractivity contribution >= 4 is 29.9 Å². The van der Waals surface area contributed by atoms with Gasteiger partial charge in [0.2, 0.25) is 0 Å². The first-order chi connectivity index (χ1) is 8.14. The van der Waals surface area contributed by atoms with E-state index in [0.717, 1.165) is 11.0 Å². The van der Waals surface area contributed by atoms with Crippen molar-refractivity contribution < 1.29 is 9.31 Å². The van der Waals surface area contributed by atoms with Crippen molar-refractivity contribution in [2.75, 3.05) is 5.73 Å². The van der Waals surface area contributed by atoms with Gasteiger partial charge in [0.1, 0.15) is 0 Å². The van der Waals surface area contributed by atoms with Gasteiger partial charge in [-0.15, -0.1) is 0 Å². The van der Waals surface area contributed by atoms with E-state index in [9.17, 15) is 0 Å². The topological polar surface area (TPSA) is 44.5 Å². The van der Waals surface area contributed by atoms with Crippen molar-refractivity contribution in [3.63, 3.8) is 0 Å². The summed E-state index contributed by atoms with van der Waals surface area (Å²) in [6.07, 6.45) is 0. The van der Waals surface area contributed by atoms with Crippen molar-refractivity contribution in [1.29, 1.82) is 0 Å². The third-order valence-corrected chi connectivity index (χ3v) is 4.18. The summed E-state index contributed by atoms with van der Waals surface area (Å²) in [6, 6.07) is 3.60. The summed E-state index contributed by atoms with van der Waals surface area (Å²) in [5, 5.41) is 0.600. The number of rotatable bonds is 1. The first kappa shape index (κ1) is 13.7. The molecule has 0 amide bonds. The first-order valence-electron chi connectivity index (χ1n) is 6.05. The molecule has 3 nitrogen and oxygen atoms in total. The molecule has 0 atom stereocenters. The van der Waals surface area contributed by atoms with E-state index in [2.05, 4.69) is 0 Å². The SMILES string of the molecule is Cc1c(N)cc(Cl)cc1B1OC(C)(C)C(C)(C)O1. The number of benzene rings is 1. The lowest BCUT2D eigenvalue weighted by Gasteiger charge is -2.32. The van der Waals surface area contributed by atoms with Gasteiger partial charge in [-0.25, -0.2) is 0 Å². The summed E-state index contributed by atoms with van der Waals surface area (Å²) in [7, 11) is -0.420. The molecule has 0 saturated carbocycles. The van der Waals surface area contributed by atoms with Crippen LogP contribution in [0.15, 0.2) is 12.1 Å². The Hall–Kier alpha value is -0.705. The van der Waals surface area contributed by atoms with Gasteiger partial charge in [-0.3, -0.25) is 0 Å². The van der Waals surface area contributed by atoms with Gasteiger partial charge in [0, 0.05) is 10.7 Å². The Labute approximate surface area is 114 Å². The maximum Gasteiger partial charge on any atom is 0.495 e. The molecule has 0 radical (unpaired) electrons. The molecule has 1 fully saturated rings. The number of hydrogen-bond donors (Lipinski definition) is 1.